The Bertz CT molecular complexity index is 787. The van der Waals surface area contributed by atoms with Crippen LogP contribution in [0.5, 0.6) is 11.5 Å². The number of aromatic nitrogens is 2. The molecule has 0 unspecified atom stereocenters. The van der Waals surface area contributed by atoms with Crippen molar-refractivity contribution in [3.05, 3.63) is 66.0 Å². The van der Waals surface area contributed by atoms with E-state index in [1.165, 1.54) is 5.56 Å². The fraction of sp³-hybridized carbons (Fsp3) is 0.211. The molecule has 3 rings (SSSR count). The highest BCUT2D eigenvalue weighted by Gasteiger charge is 2.10. The Morgan fingerprint density at radius 1 is 0.958 bits per heavy atom. The maximum absolute atomic E-state index is 5.65. The Morgan fingerprint density at radius 2 is 1.58 bits per heavy atom. The molecule has 2 N–H and O–H groups in total. The molecular formula is C19H21N3O2. The van der Waals surface area contributed by atoms with Crippen molar-refractivity contribution < 1.29 is 9.47 Å². The van der Waals surface area contributed by atoms with Crippen LogP contribution in [0.4, 0.5) is 0 Å². The van der Waals surface area contributed by atoms with E-state index >= 15 is 0 Å². The molecule has 5 nitrogen and oxygen atoms in total. The summed E-state index contributed by atoms with van der Waals surface area (Å²) in [7, 11) is 3.29. The van der Waals surface area contributed by atoms with Gasteiger partial charge >= 0.3 is 0 Å². The zero-order valence-corrected chi connectivity index (χ0v) is 13.9. The average molecular weight is 323 g/mol. The molecule has 0 radical (unpaired) electrons. The van der Waals surface area contributed by atoms with Crippen molar-refractivity contribution in [3.63, 3.8) is 0 Å². The van der Waals surface area contributed by atoms with E-state index in [1.807, 2.05) is 24.4 Å². The lowest BCUT2D eigenvalue weighted by atomic mass is 10.1. The molecule has 0 bridgehead atoms. The van der Waals surface area contributed by atoms with Crippen molar-refractivity contribution in [2.24, 2.45) is 5.73 Å². The minimum absolute atomic E-state index is 0.556. The lowest BCUT2D eigenvalue weighted by molar-refractivity contribution is 0.394. The molecule has 1 aromatic heterocycles. The van der Waals surface area contributed by atoms with E-state index in [9.17, 15) is 0 Å². The number of imidazole rings is 1. The quantitative estimate of drug-likeness (QED) is 0.757. The summed E-state index contributed by atoms with van der Waals surface area (Å²) in [6.07, 6.45) is 3.77. The third-order valence-electron chi connectivity index (χ3n) is 3.94. The second kappa shape index (κ2) is 7.19. The number of hydrogen-bond donors (Lipinski definition) is 1. The van der Waals surface area contributed by atoms with Gasteiger partial charge in [0.15, 0.2) is 0 Å². The third-order valence-corrected chi connectivity index (χ3v) is 3.94. The van der Waals surface area contributed by atoms with E-state index in [4.69, 9.17) is 15.2 Å². The van der Waals surface area contributed by atoms with Crippen molar-refractivity contribution in [2.45, 2.75) is 13.1 Å². The van der Waals surface area contributed by atoms with Crippen molar-refractivity contribution in [3.8, 4) is 22.9 Å². The van der Waals surface area contributed by atoms with Gasteiger partial charge in [-0.2, -0.15) is 0 Å². The molecule has 3 aromatic rings. The molecule has 5 heteroatoms. The zero-order valence-electron chi connectivity index (χ0n) is 13.9. The standard InChI is InChI=1S/C19H21N3O2/c1-23-17-9-16(10-18(11-17)24-2)19-21-7-8-22(19)13-15-5-3-14(12-20)4-6-15/h3-11H,12-13,20H2,1-2H3. The topological polar surface area (TPSA) is 62.3 Å². The first-order chi connectivity index (χ1) is 11.7. The van der Waals surface area contributed by atoms with E-state index < -0.39 is 0 Å². The predicted octanol–water partition coefficient (Wildman–Crippen LogP) is 3.07. The molecule has 0 aliphatic rings. The molecule has 0 saturated heterocycles. The lowest BCUT2D eigenvalue weighted by Crippen LogP contribution is -2.02. The van der Waals surface area contributed by atoms with Crippen LogP contribution in [-0.4, -0.2) is 23.8 Å². The van der Waals surface area contributed by atoms with Crippen LogP contribution < -0.4 is 15.2 Å². The first-order valence-corrected chi connectivity index (χ1v) is 7.76. The summed E-state index contributed by atoms with van der Waals surface area (Å²) in [5, 5.41) is 0. The Hall–Kier alpha value is -2.79. The molecule has 0 amide bonds. The minimum atomic E-state index is 0.556. The van der Waals surface area contributed by atoms with Crippen LogP contribution in [-0.2, 0) is 13.1 Å². The fourth-order valence-electron chi connectivity index (χ4n) is 2.61. The molecule has 124 valence electrons. The average Bonchev–Trinajstić information content (AvgIpc) is 3.10. The molecule has 24 heavy (non-hydrogen) atoms. The highest BCUT2D eigenvalue weighted by molar-refractivity contribution is 5.61. The molecule has 1 heterocycles. The van der Waals surface area contributed by atoms with Crippen LogP contribution >= 0.6 is 0 Å². The second-order valence-corrected chi connectivity index (χ2v) is 5.50. The molecule has 0 fully saturated rings. The summed E-state index contributed by atoms with van der Waals surface area (Å²) in [5.41, 5.74) is 8.93. The largest absolute Gasteiger partial charge is 0.497 e. The summed E-state index contributed by atoms with van der Waals surface area (Å²) < 4.78 is 12.8. The Kier molecular flexibility index (Phi) is 4.82. The maximum Gasteiger partial charge on any atom is 0.140 e. The number of ether oxygens (including phenoxy) is 2. The Morgan fingerprint density at radius 3 is 2.17 bits per heavy atom. The summed E-state index contributed by atoms with van der Waals surface area (Å²) in [6, 6.07) is 14.1. The van der Waals surface area contributed by atoms with Crippen LogP contribution in [0.2, 0.25) is 0 Å². The Balaban J connectivity index is 1.92. The van der Waals surface area contributed by atoms with Gasteiger partial charge in [-0.1, -0.05) is 24.3 Å². The molecule has 2 aromatic carbocycles. The minimum Gasteiger partial charge on any atom is -0.497 e. The van der Waals surface area contributed by atoms with Crippen molar-refractivity contribution in [1.29, 1.82) is 0 Å². The second-order valence-electron chi connectivity index (χ2n) is 5.50. The molecular weight excluding hydrogens is 302 g/mol. The van der Waals surface area contributed by atoms with Crippen LogP contribution in [0.25, 0.3) is 11.4 Å². The van der Waals surface area contributed by atoms with Crippen molar-refractivity contribution >= 4 is 0 Å². The monoisotopic (exact) mass is 323 g/mol. The van der Waals surface area contributed by atoms with E-state index in [0.717, 1.165) is 35.0 Å². The molecule has 0 atom stereocenters. The number of rotatable bonds is 6. The number of benzene rings is 2. The fourth-order valence-corrected chi connectivity index (χ4v) is 2.61. The first kappa shape index (κ1) is 16.1. The normalized spacial score (nSPS) is 10.6. The van der Waals surface area contributed by atoms with Gasteiger partial charge in [0.05, 0.1) is 14.2 Å². The molecule has 0 saturated carbocycles. The van der Waals surface area contributed by atoms with Gasteiger partial charge in [0.25, 0.3) is 0 Å². The van der Waals surface area contributed by atoms with Crippen molar-refractivity contribution in [2.75, 3.05) is 14.2 Å². The van der Waals surface area contributed by atoms with Crippen molar-refractivity contribution in [1.82, 2.24) is 9.55 Å². The van der Waals surface area contributed by atoms with E-state index in [2.05, 4.69) is 33.8 Å². The number of nitrogens with two attached hydrogens (primary N) is 1. The third kappa shape index (κ3) is 3.41. The van der Waals surface area contributed by atoms with Gasteiger partial charge in [0.1, 0.15) is 17.3 Å². The predicted molar refractivity (Wildman–Crippen MR) is 94.2 cm³/mol. The summed E-state index contributed by atoms with van der Waals surface area (Å²) >= 11 is 0. The zero-order chi connectivity index (χ0) is 16.9. The van der Waals surface area contributed by atoms with Crippen LogP contribution in [0, 0.1) is 0 Å². The van der Waals surface area contributed by atoms with E-state index in [-0.39, 0.29) is 0 Å². The number of hydrogen-bond acceptors (Lipinski definition) is 4. The van der Waals surface area contributed by atoms with Gasteiger partial charge < -0.3 is 19.8 Å². The highest BCUT2D eigenvalue weighted by Crippen LogP contribution is 2.29. The highest BCUT2D eigenvalue weighted by atomic mass is 16.5. The van der Waals surface area contributed by atoms with Crippen LogP contribution in [0.1, 0.15) is 11.1 Å². The van der Waals surface area contributed by atoms with E-state index in [1.54, 1.807) is 20.4 Å². The van der Waals surface area contributed by atoms with Crippen LogP contribution in [0.15, 0.2) is 54.9 Å². The van der Waals surface area contributed by atoms with Crippen LogP contribution in [0.3, 0.4) is 0 Å². The Labute approximate surface area is 141 Å². The summed E-state index contributed by atoms with van der Waals surface area (Å²) in [4.78, 5) is 4.50. The molecule has 0 aliphatic carbocycles. The lowest BCUT2D eigenvalue weighted by Gasteiger charge is -2.11. The number of methoxy groups -OCH3 is 2. The summed E-state index contributed by atoms with van der Waals surface area (Å²) in [6.45, 7) is 1.29. The van der Waals surface area contributed by atoms with Gasteiger partial charge in [-0.15, -0.1) is 0 Å². The summed E-state index contributed by atoms with van der Waals surface area (Å²) in [5.74, 6) is 2.35. The SMILES string of the molecule is COc1cc(OC)cc(-c2nccn2Cc2ccc(CN)cc2)c1. The van der Waals surface area contributed by atoms with Gasteiger partial charge in [-0.3, -0.25) is 0 Å². The molecule has 0 aliphatic heterocycles. The first-order valence-electron chi connectivity index (χ1n) is 7.76. The van der Waals surface area contributed by atoms with Gasteiger partial charge in [0, 0.05) is 37.1 Å². The smallest absolute Gasteiger partial charge is 0.140 e. The maximum atomic E-state index is 5.65. The molecule has 0 spiro atoms. The van der Waals surface area contributed by atoms with Gasteiger partial charge in [0.2, 0.25) is 0 Å². The van der Waals surface area contributed by atoms with Gasteiger partial charge in [-0.05, 0) is 23.3 Å². The van der Waals surface area contributed by atoms with Gasteiger partial charge in [-0.25, -0.2) is 4.98 Å². The van der Waals surface area contributed by atoms with E-state index in [0.29, 0.717) is 6.54 Å². The number of nitrogens with zero attached hydrogens (tertiary/aromatic N) is 2.